The fourth-order valence-electron chi connectivity index (χ4n) is 2.29. The van der Waals surface area contributed by atoms with Crippen LogP contribution < -0.4 is 5.32 Å². The Morgan fingerprint density at radius 1 is 1.05 bits per heavy atom. The number of hydrogen-bond acceptors (Lipinski definition) is 2. The van der Waals surface area contributed by atoms with Crippen LogP contribution in [0.15, 0.2) is 12.7 Å². The van der Waals surface area contributed by atoms with Crippen molar-refractivity contribution in [1.29, 1.82) is 0 Å². The van der Waals surface area contributed by atoms with Crippen LogP contribution in [0.4, 0.5) is 0 Å². The number of likely N-dealkylation sites (tertiary alicyclic amines) is 1. The van der Waals surface area contributed by atoms with Gasteiger partial charge in [0.2, 0.25) is 11.8 Å². The summed E-state index contributed by atoms with van der Waals surface area (Å²) in [7, 11) is 0. The van der Waals surface area contributed by atoms with Gasteiger partial charge in [-0.1, -0.05) is 18.9 Å². The van der Waals surface area contributed by atoms with Gasteiger partial charge in [0, 0.05) is 32.5 Å². The van der Waals surface area contributed by atoms with E-state index in [2.05, 4.69) is 11.9 Å². The Hall–Kier alpha value is -1.32. The summed E-state index contributed by atoms with van der Waals surface area (Å²) in [4.78, 5) is 23.7. The van der Waals surface area contributed by atoms with Gasteiger partial charge >= 0.3 is 0 Å². The molecule has 108 valence electrons. The van der Waals surface area contributed by atoms with Crippen LogP contribution >= 0.6 is 0 Å². The van der Waals surface area contributed by atoms with E-state index < -0.39 is 0 Å². The smallest absolute Gasteiger partial charge is 0.222 e. The number of nitrogens with zero attached hydrogens (tertiary/aromatic N) is 1. The van der Waals surface area contributed by atoms with Crippen molar-refractivity contribution in [2.24, 2.45) is 0 Å². The molecule has 0 unspecified atom stereocenters. The van der Waals surface area contributed by atoms with Gasteiger partial charge in [-0.2, -0.15) is 0 Å². The lowest BCUT2D eigenvalue weighted by molar-refractivity contribution is -0.130. The van der Waals surface area contributed by atoms with Crippen LogP contribution in [0, 0.1) is 0 Å². The van der Waals surface area contributed by atoms with Crippen molar-refractivity contribution in [2.45, 2.75) is 51.4 Å². The first-order chi connectivity index (χ1) is 9.24. The zero-order valence-electron chi connectivity index (χ0n) is 11.8. The number of hydrogen-bond donors (Lipinski definition) is 1. The molecule has 2 amide bonds. The zero-order valence-corrected chi connectivity index (χ0v) is 11.8. The molecular formula is C15H26N2O2. The van der Waals surface area contributed by atoms with E-state index in [0.717, 1.165) is 58.2 Å². The Morgan fingerprint density at radius 2 is 1.79 bits per heavy atom. The van der Waals surface area contributed by atoms with Gasteiger partial charge in [-0.25, -0.2) is 0 Å². The van der Waals surface area contributed by atoms with Gasteiger partial charge < -0.3 is 10.2 Å². The van der Waals surface area contributed by atoms with Crippen molar-refractivity contribution in [3.05, 3.63) is 12.7 Å². The molecule has 2 aliphatic heterocycles. The number of rotatable bonds is 2. The lowest BCUT2D eigenvalue weighted by Crippen LogP contribution is -2.30. The molecule has 1 N–H and O–H groups in total. The fourth-order valence-corrected chi connectivity index (χ4v) is 2.29. The Balaban J connectivity index is 0.000000200. The quantitative estimate of drug-likeness (QED) is 0.779. The molecule has 0 radical (unpaired) electrons. The maximum absolute atomic E-state index is 11.3. The molecule has 0 aromatic carbocycles. The van der Waals surface area contributed by atoms with Crippen molar-refractivity contribution in [3.63, 3.8) is 0 Å². The second kappa shape index (κ2) is 9.59. The summed E-state index contributed by atoms with van der Waals surface area (Å²) in [6.07, 6.45) is 10.1. The number of carbonyl (C=O) groups excluding carboxylic acids is 2. The van der Waals surface area contributed by atoms with Crippen molar-refractivity contribution >= 4 is 11.8 Å². The highest BCUT2D eigenvalue weighted by molar-refractivity contribution is 5.76. The van der Waals surface area contributed by atoms with E-state index in [1.807, 2.05) is 4.90 Å². The van der Waals surface area contributed by atoms with Gasteiger partial charge in [0.05, 0.1) is 0 Å². The lowest BCUT2D eigenvalue weighted by atomic mass is 10.2. The minimum Gasteiger partial charge on any atom is -0.356 e. The highest BCUT2D eigenvalue weighted by atomic mass is 16.2. The molecule has 4 heteroatoms. The van der Waals surface area contributed by atoms with Crippen LogP contribution in [0.3, 0.4) is 0 Å². The van der Waals surface area contributed by atoms with Crippen molar-refractivity contribution in [1.82, 2.24) is 10.2 Å². The second-order valence-corrected chi connectivity index (χ2v) is 5.10. The van der Waals surface area contributed by atoms with Crippen LogP contribution in [0.25, 0.3) is 0 Å². The van der Waals surface area contributed by atoms with Crippen LogP contribution in [-0.4, -0.2) is 36.3 Å². The van der Waals surface area contributed by atoms with E-state index >= 15 is 0 Å². The fraction of sp³-hybridized carbons (Fsp3) is 0.733. The van der Waals surface area contributed by atoms with Crippen molar-refractivity contribution in [2.75, 3.05) is 19.6 Å². The average molecular weight is 266 g/mol. The molecule has 0 bridgehead atoms. The van der Waals surface area contributed by atoms with Crippen LogP contribution in [-0.2, 0) is 9.59 Å². The molecule has 4 nitrogen and oxygen atoms in total. The third-order valence-corrected chi connectivity index (χ3v) is 3.42. The molecule has 2 heterocycles. The van der Waals surface area contributed by atoms with Crippen LogP contribution in [0.2, 0.25) is 0 Å². The molecule has 0 atom stereocenters. The van der Waals surface area contributed by atoms with Gasteiger partial charge in [0.25, 0.3) is 0 Å². The monoisotopic (exact) mass is 266 g/mol. The minimum atomic E-state index is 0.225. The first-order valence-electron chi connectivity index (χ1n) is 7.39. The van der Waals surface area contributed by atoms with Gasteiger partial charge in [-0.05, 0) is 25.7 Å². The number of nitrogens with one attached hydrogen (secondary N) is 1. The van der Waals surface area contributed by atoms with Gasteiger partial charge in [-0.3, -0.25) is 9.59 Å². The number of amides is 2. The van der Waals surface area contributed by atoms with Gasteiger partial charge in [0.1, 0.15) is 0 Å². The van der Waals surface area contributed by atoms with E-state index in [9.17, 15) is 9.59 Å². The molecule has 0 aromatic heterocycles. The molecule has 2 fully saturated rings. The lowest BCUT2D eigenvalue weighted by Gasteiger charge is -2.17. The normalized spacial score (nSPS) is 20.5. The maximum Gasteiger partial charge on any atom is 0.222 e. The molecular weight excluding hydrogens is 240 g/mol. The molecule has 2 rings (SSSR count). The molecule has 0 aromatic rings. The second-order valence-electron chi connectivity index (χ2n) is 5.10. The molecule has 2 saturated heterocycles. The molecule has 0 saturated carbocycles. The summed E-state index contributed by atoms with van der Waals surface area (Å²) in [5.74, 6) is 0.518. The predicted molar refractivity (Wildman–Crippen MR) is 76.7 cm³/mol. The SMILES string of the molecule is C=CCN1CCCCCC1=O.O=C1CCCCCN1. The third kappa shape index (κ3) is 6.99. The molecule has 0 aliphatic carbocycles. The number of carbonyl (C=O) groups is 2. The minimum absolute atomic E-state index is 0.225. The van der Waals surface area contributed by atoms with Crippen LogP contribution in [0.5, 0.6) is 0 Å². The summed E-state index contributed by atoms with van der Waals surface area (Å²) in [5, 5.41) is 2.81. The van der Waals surface area contributed by atoms with E-state index in [-0.39, 0.29) is 5.91 Å². The zero-order chi connectivity index (χ0) is 13.9. The van der Waals surface area contributed by atoms with Gasteiger partial charge in [0.15, 0.2) is 0 Å². The van der Waals surface area contributed by atoms with Crippen molar-refractivity contribution < 1.29 is 9.59 Å². The van der Waals surface area contributed by atoms with E-state index in [0.29, 0.717) is 5.91 Å². The molecule has 19 heavy (non-hydrogen) atoms. The van der Waals surface area contributed by atoms with Crippen LogP contribution in [0.1, 0.15) is 51.4 Å². The Bertz CT molecular complexity index is 293. The standard InChI is InChI=1S/C9H15NO.C6H11NO/c1-2-7-10-8-5-3-4-6-9(10)11;8-6-4-2-1-3-5-7-6/h2H,1,3-8H2;1-5H2,(H,7,8). The van der Waals surface area contributed by atoms with E-state index in [4.69, 9.17) is 0 Å². The summed E-state index contributed by atoms with van der Waals surface area (Å²) in [6, 6.07) is 0. The summed E-state index contributed by atoms with van der Waals surface area (Å²) in [5.41, 5.74) is 0. The van der Waals surface area contributed by atoms with Crippen molar-refractivity contribution in [3.8, 4) is 0 Å². The maximum atomic E-state index is 11.3. The average Bonchev–Trinajstić information content (AvgIpc) is 2.75. The third-order valence-electron chi connectivity index (χ3n) is 3.42. The highest BCUT2D eigenvalue weighted by Crippen LogP contribution is 2.10. The van der Waals surface area contributed by atoms with E-state index in [1.165, 1.54) is 12.8 Å². The van der Waals surface area contributed by atoms with Gasteiger partial charge in [-0.15, -0.1) is 6.58 Å². The Labute approximate surface area is 116 Å². The first kappa shape index (κ1) is 15.7. The summed E-state index contributed by atoms with van der Waals surface area (Å²) in [6.45, 7) is 6.16. The highest BCUT2D eigenvalue weighted by Gasteiger charge is 2.14. The summed E-state index contributed by atoms with van der Waals surface area (Å²) >= 11 is 0. The Kier molecular flexibility index (Phi) is 7.94. The Morgan fingerprint density at radius 3 is 2.58 bits per heavy atom. The molecule has 2 aliphatic rings. The van der Waals surface area contributed by atoms with E-state index in [1.54, 1.807) is 6.08 Å². The molecule has 0 spiro atoms. The topological polar surface area (TPSA) is 49.4 Å². The first-order valence-corrected chi connectivity index (χ1v) is 7.39. The largest absolute Gasteiger partial charge is 0.356 e. The predicted octanol–water partition coefficient (Wildman–Crippen LogP) is 2.25. The summed E-state index contributed by atoms with van der Waals surface area (Å²) < 4.78 is 0.